The zero-order valence-corrected chi connectivity index (χ0v) is 7.84. The summed E-state index contributed by atoms with van der Waals surface area (Å²) < 4.78 is 5.22. The van der Waals surface area contributed by atoms with Gasteiger partial charge in [0.2, 0.25) is 0 Å². The Bertz CT molecular complexity index is 415. The fourth-order valence-electron chi connectivity index (χ4n) is 1.28. The lowest BCUT2D eigenvalue weighted by molar-refractivity contribution is 0.415. The molecule has 3 nitrogen and oxygen atoms in total. The van der Waals surface area contributed by atoms with Gasteiger partial charge in [-0.2, -0.15) is 0 Å². The Labute approximate surface area is 82.4 Å². The first-order valence-corrected chi connectivity index (χ1v) is 4.31. The van der Waals surface area contributed by atoms with Crippen molar-refractivity contribution < 1.29 is 4.74 Å². The van der Waals surface area contributed by atoms with Gasteiger partial charge in [0, 0.05) is 24.2 Å². The quantitative estimate of drug-likeness (QED) is 0.720. The highest BCUT2D eigenvalue weighted by Crippen LogP contribution is 2.25. The Morgan fingerprint density at radius 1 is 1.07 bits per heavy atom. The molecule has 2 rings (SSSR count). The molecule has 0 saturated heterocycles. The van der Waals surface area contributed by atoms with Crippen molar-refractivity contribution in [3.05, 3.63) is 42.9 Å². The van der Waals surface area contributed by atoms with E-state index in [4.69, 9.17) is 4.74 Å². The van der Waals surface area contributed by atoms with E-state index >= 15 is 0 Å². The first kappa shape index (κ1) is 8.69. The van der Waals surface area contributed by atoms with Crippen LogP contribution in [0.3, 0.4) is 0 Å². The van der Waals surface area contributed by atoms with Gasteiger partial charge in [-0.15, -0.1) is 0 Å². The van der Waals surface area contributed by atoms with E-state index in [0.717, 1.165) is 17.0 Å². The Balaban J connectivity index is 2.51. The summed E-state index contributed by atoms with van der Waals surface area (Å²) in [5.41, 5.74) is 1.86. The molecule has 14 heavy (non-hydrogen) atoms. The van der Waals surface area contributed by atoms with Crippen LogP contribution in [-0.4, -0.2) is 17.1 Å². The molecule has 70 valence electrons. The number of pyridine rings is 2. The Kier molecular flexibility index (Phi) is 2.40. The molecule has 0 bridgehead atoms. The lowest BCUT2D eigenvalue weighted by Gasteiger charge is -2.05. The van der Waals surface area contributed by atoms with Gasteiger partial charge in [0.1, 0.15) is 11.4 Å². The summed E-state index contributed by atoms with van der Waals surface area (Å²) in [7, 11) is 1.64. The van der Waals surface area contributed by atoms with Crippen LogP contribution in [0.25, 0.3) is 11.3 Å². The van der Waals surface area contributed by atoms with Crippen LogP contribution in [-0.2, 0) is 0 Å². The van der Waals surface area contributed by atoms with Crippen LogP contribution in [0.4, 0.5) is 0 Å². The van der Waals surface area contributed by atoms with Crippen LogP contribution in [0.15, 0.2) is 42.9 Å². The van der Waals surface area contributed by atoms with E-state index < -0.39 is 0 Å². The molecular formula is C11H10N2O. The van der Waals surface area contributed by atoms with Crippen LogP contribution in [0.1, 0.15) is 0 Å². The summed E-state index contributed by atoms with van der Waals surface area (Å²) in [6, 6.07) is 7.56. The summed E-state index contributed by atoms with van der Waals surface area (Å²) in [6.07, 6.45) is 5.23. The van der Waals surface area contributed by atoms with Crippen molar-refractivity contribution in [2.24, 2.45) is 0 Å². The zero-order valence-electron chi connectivity index (χ0n) is 7.84. The number of nitrogens with zero attached hydrogens (tertiary/aromatic N) is 2. The molecule has 0 fully saturated rings. The highest BCUT2D eigenvalue weighted by Gasteiger charge is 2.04. The molecule has 0 aromatic carbocycles. The van der Waals surface area contributed by atoms with E-state index in [1.807, 2.05) is 24.3 Å². The zero-order chi connectivity index (χ0) is 9.80. The molecule has 0 N–H and O–H groups in total. The number of hydrogen-bond acceptors (Lipinski definition) is 3. The Hall–Kier alpha value is -1.90. The number of rotatable bonds is 2. The van der Waals surface area contributed by atoms with Crippen molar-refractivity contribution in [2.75, 3.05) is 7.11 Å². The number of methoxy groups -OCH3 is 1. The summed E-state index contributed by atoms with van der Waals surface area (Å²) >= 11 is 0. The van der Waals surface area contributed by atoms with Gasteiger partial charge in [-0.3, -0.25) is 9.97 Å². The molecular weight excluding hydrogens is 176 g/mol. The van der Waals surface area contributed by atoms with Gasteiger partial charge in [-0.25, -0.2) is 0 Å². The summed E-state index contributed by atoms with van der Waals surface area (Å²) in [5, 5.41) is 0. The van der Waals surface area contributed by atoms with E-state index in [2.05, 4.69) is 9.97 Å². The van der Waals surface area contributed by atoms with Gasteiger partial charge < -0.3 is 4.74 Å². The molecule has 2 aromatic rings. The summed E-state index contributed by atoms with van der Waals surface area (Å²) in [6.45, 7) is 0. The fraction of sp³-hybridized carbons (Fsp3) is 0.0909. The molecule has 0 unspecified atom stereocenters. The number of hydrogen-bond donors (Lipinski definition) is 0. The van der Waals surface area contributed by atoms with Crippen LogP contribution in [0.5, 0.6) is 5.75 Å². The lowest BCUT2D eigenvalue weighted by Crippen LogP contribution is -1.90. The topological polar surface area (TPSA) is 35.0 Å². The van der Waals surface area contributed by atoms with Gasteiger partial charge in [0.05, 0.1) is 7.11 Å². The second-order valence-electron chi connectivity index (χ2n) is 2.79. The molecule has 3 heteroatoms. The first-order chi connectivity index (χ1) is 6.92. The van der Waals surface area contributed by atoms with E-state index in [0.29, 0.717) is 0 Å². The van der Waals surface area contributed by atoms with E-state index in [1.54, 1.807) is 25.7 Å². The molecule has 2 heterocycles. The Morgan fingerprint density at radius 3 is 2.57 bits per heavy atom. The first-order valence-electron chi connectivity index (χ1n) is 4.31. The van der Waals surface area contributed by atoms with Gasteiger partial charge in [0.15, 0.2) is 0 Å². The van der Waals surface area contributed by atoms with Gasteiger partial charge in [0.25, 0.3) is 0 Å². The van der Waals surface area contributed by atoms with Crippen LogP contribution in [0, 0.1) is 0 Å². The van der Waals surface area contributed by atoms with Crippen molar-refractivity contribution in [3.63, 3.8) is 0 Å². The SMILES string of the molecule is COc1cccnc1-c1ccncc1. The maximum absolute atomic E-state index is 5.22. The largest absolute Gasteiger partial charge is 0.494 e. The second kappa shape index (κ2) is 3.87. The normalized spacial score (nSPS) is 9.79. The minimum Gasteiger partial charge on any atom is -0.494 e. The molecule has 0 aliphatic heterocycles. The number of ether oxygens (including phenoxy) is 1. The number of aromatic nitrogens is 2. The molecule has 0 saturated carbocycles. The smallest absolute Gasteiger partial charge is 0.145 e. The van der Waals surface area contributed by atoms with Gasteiger partial charge in [-0.1, -0.05) is 0 Å². The predicted octanol–water partition coefficient (Wildman–Crippen LogP) is 2.15. The average molecular weight is 186 g/mol. The van der Waals surface area contributed by atoms with Crippen LogP contribution < -0.4 is 4.74 Å². The Morgan fingerprint density at radius 2 is 1.86 bits per heavy atom. The van der Waals surface area contributed by atoms with Gasteiger partial charge in [-0.05, 0) is 24.3 Å². The minimum absolute atomic E-state index is 0.777. The third-order valence-corrected chi connectivity index (χ3v) is 1.94. The predicted molar refractivity (Wildman–Crippen MR) is 54.0 cm³/mol. The highest BCUT2D eigenvalue weighted by molar-refractivity contribution is 5.65. The molecule has 0 radical (unpaired) electrons. The second-order valence-corrected chi connectivity index (χ2v) is 2.79. The molecule has 0 aliphatic carbocycles. The highest BCUT2D eigenvalue weighted by atomic mass is 16.5. The molecule has 0 aliphatic rings. The van der Waals surface area contributed by atoms with Gasteiger partial charge >= 0.3 is 0 Å². The van der Waals surface area contributed by atoms with Crippen molar-refractivity contribution in [1.82, 2.24) is 9.97 Å². The monoisotopic (exact) mass is 186 g/mol. The third-order valence-electron chi connectivity index (χ3n) is 1.94. The maximum atomic E-state index is 5.22. The molecule has 2 aromatic heterocycles. The molecule has 0 amide bonds. The van der Waals surface area contributed by atoms with Crippen molar-refractivity contribution in [3.8, 4) is 17.0 Å². The van der Waals surface area contributed by atoms with Crippen molar-refractivity contribution >= 4 is 0 Å². The van der Waals surface area contributed by atoms with E-state index in [9.17, 15) is 0 Å². The van der Waals surface area contributed by atoms with E-state index in [1.165, 1.54) is 0 Å². The molecule has 0 spiro atoms. The van der Waals surface area contributed by atoms with Crippen molar-refractivity contribution in [2.45, 2.75) is 0 Å². The average Bonchev–Trinajstić information content (AvgIpc) is 2.30. The fourth-order valence-corrected chi connectivity index (χ4v) is 1.28. The van der Waals surface area contributed by atoms with Crippen LogP contribution in [0.2, 0.25) is 0 Å². The van der Waals surface area contributed by atoms with Crippen molar-refractivity contribution in [1.29, 1.82) is 0 Å². The summed E-state index contributed by atoms with van der Waals surface area (Å²) in [5.74, 6) is 0.777. The van der Waals surface area contributed by atoms with Crippen LogP contribution >= 0.6 is 0 Å². The standard InChI is InChI=1S/C11H10N2O/c1-14-10-3-2-6-13-11(10)9-4-7-12-8-5-9/h2-8H,1H3. The molecule has 0 atom stereocenters. The minimum atomic E-state index is 0.777. The third kappa shape index (κ3) is 1.57. The maximum Gasteiger partial charge on any atom is 0.145 e. The van der Waals surface area contributed by atoms with E-state index in [-0.39, 0.29) is 0 Å². The lowest BCUT2D eigenvalue weighted by atomic mass is 10.1. The summed E-state index contributed by atoms with van der Waals surface area (Å²) in [4.78, 5) is 8.22.